The van der Waals surface area contributed by atoms with Gasteiger partial charge in [0.1, 0.15) is 6.07 Å². The fraction of sp³-hybridized carbons (Fsp3) is 0. The number of halogens is 1. The van der Waals surface area contributed by atoms with Gasteiger partial charge in [-0.05, 0) is 30.3 Å². The van der Waals surface area contributed by atoms with Gasteiger partial charge in [0.2, 0.25) is 0 Å². The van der Waals surface area contributed by atoms with Gasteiger partial charge in [-0.25, -0.2) is 9.69 Å². The molecule has 0 aliphatic rings. The van der Waals surface area contributed by atoms with E-state index in [-0.39, 0.29) is 5.02 Å². The van der Waals surface area contributed by atoms with Crippen molar-refractivity contribution < 1.29 is 9.90 Å². The number of nitriles is 1. The summed E-state index contributed by atoms with van der Waals surface area (Å²) in [6.45, 7) is 0. The van der Waals surface area contributed by atoms with Crippen LogP contribution in [0.1, 0.15) is 5.56 Å². The predicted molar refractivity (Wildman–Crippen MR) is 72.8 cm³/mol. The topological polar surface area (TPSA) is 64.3 Å². The van der Waals surface area contributed by atoms with E-state index in [0.717, 1.165) is 4.90 Å². The smallest absolute Gasteiger partial charge is 0.416 e. The summed E-state index contributed by atoms with van der Waals surface area (Å²) in [6.07, 6.45) is -1.12. The van der Waals surface area contributed by atoms with Gasteiger partial charge >= 0.3 is 6.09 Å². The Balaban J connectivity index is 2.50. The third kappa shape index (κ3) is 2.67. The molecule has 0 bridgehead atoms. The molecule has 2 aromatic carbocycles. The van der Waals surface area contributed by atoms with Crippen LogP contribution in [0.3, 0.4) is 0 Å². The summed E-state index contributed by atoms with van der Waals surface area (Å²) in [5, 5.41) is 18.3. The van der Waals surface area contributed by atoms with Gasteiger partial charge in [0.05, 0.1) is 22.0 Å². The largest absolute Gasteiger partial charge is 0.464 e. The standard InChI is InChI=1S/C14H9ClN2O2/c15-13-8-12(7-6-10(13)9-16)17(14(18)19)11-4-2-1-3-5-11/h1-8H,(H,18,19). The van der Waals surface area contributed by atoms with Crippen molar-refractivity contribution in [2.45, 2.75) is 0 Å². The number of para-hydroxylation sites is 1. The lowest BCUT2D eigenvalue weighted by atomic mass is 10.2. The summed E-state index contributed by atoms with van der Waals surface area (Å²) >= 11 is 5.92. The number of rotatable bonds is 2. The molecule has 0 aliphatic carbocycles. The maximum absolute atomic E-state index is 11.4. The zero-order valence-corrected chi connectivity index (χ0v) is 10.5. The van der Waals surface area contributed by atoms with Crippen molar-refractivity contribution in [3.05, 3.63) is 59.1 Å². The number of anilines is 2. The molecule has 0 unspecified atom stereocenters. The molecule has 19 heavy (non-hydrogen) atoms. The van der Waals surface area contributed by atoms with E-state index in [0.29, 0.717) is 16.9 Å². The second-order valence-electron chi connectivity index (χ2n) is 3.73. The molecule has 0 fully saturated rings. The maximum atomic E-state index is 11.4. The second kappa shape index (κ2) is 5.42. The monoisotopic (exact) mass is 272 g/mol. The van der Waals surface area contributed by atoms with Crippen LogP contribution in [0.5, 0.6) is 0 Å². The molecule has 0 aliphatic heterocycles. The predicted octanol–water partition coefficient (Wildman–Crippen LogP) is 4.03. The van der Waals surface area contributed by atoms with E-state index in [9.17, 15) is 9.90 Å². The Morgan fingerprint density at radius 2 is 1.84 bits per heavy atom. The van der Waals surface area contributed by atoms with Crippen molar-refractivity contribution in [2.75, 3.05) is 4.90 Å². The molecule has 0 saturated heterocycles. The second-order valence-corrected chi connectivity index (χ2v) is 4.14. The van der Waals surface area contributed by atoms with E-state index < -0.39 is 6.09 Å². The van der Waals surface area contributed by atoms with Crippen LogP contribution in [0.4, 0.5) is 16.2 Å². The zero-order valence-electron chi connectivity index (χ0n) is 9.75. The molecule has 1 N–H and O–H groups in total. The van der Waals surface area contributed by atoms with E-state index in [1.807, 2.05) is 6.07 Å². The van der Waals surface area contributed by atoms with Crippen LogP contribution in [0.15, 0.2) is 48.5 Å². The minimum atomic E-state index is -1.12. The minimum Gasteiger partial charge on any atom is -0.464 e. The highest BCUT2D eigenvalue weighted by Gasteiger charge is 2.17. The summed E-state index contributed by atoms with van der Waals surface area (Å²) in [4.78, 5) is 12.5. The summed E-state index contributed by atoms with van der Waals surface area (Å²) in [5.74, 6) is 0. The number of nitrogens with zero attached hydrogens (tertiary/aromatic N) is 2. The molecule has 0 heterocycles. The number of carbonyl (C=O) groups is 1. The lowest BCUT2D eigenvalue weighted by Crippen LogP contribution is -2.23. The van der Waals surface area contributed by atoms with E-state index in [1.54, 1.807) is 36.4 Å². The molecule has 2 aromatic rings. The van der Waals surface area contributed by atoms with Gasteiger partial charge in [0.15, 0.2) is 0 Å². The first-order chi connectivity index (χ1) is 9.13. The fourth-order valence-electron chi connectivity index (χ4n) is 1.68. The quantitative estimate of drug-likeness (QED) is 0.898. The van der Waals surface area contributed by atoms with Crippen LogP contribution < -0.4 is 4.90 Å². The number of hydrogen-bond donors (Lipinski definition) is 1. The van der Waals surface area contributed by atoms with Gasteiger partial charge in [0, 0.05) is 0 Å². The average molecular weight is 273 g/mol. The van der Waals surface area contributed by atoms with Crippen LogP contribution in [-0.2, 0) is 0 Å². The van der Waals surface area contributed by atoms with Gasteiger partial charge in [-0.3, -0.25) is 0 Å². The third-order valence-electron chi connectivity index (χ3n) is 2.54. The summed E-state index contributed by atoms with van der Waals surface area (Å²) in [5.41, 5.74) is 1.21. The van der Waals surface area contributed by atoms with E-state index >= 15 is 0 Å². The molecule has 0 spiro atoms. The minimum absolute atomic E-state index is 0.224. The Hall–Kier alpha value is -2.51. The van der Waals surface area contributed by atoms with Gasteiger partial charge in [-0.2, -0.15) is 5.26 Å². The highest BCUT2D eigenvalue weighted by molar-refractivity contribution is 6.32. The number of benzene rings is 2. The van der Waals surface area contributed by atoms with Crippen molar-refractivity contribution in [1.82, 2.24) is 0 Å². The Labute approximate surface area is 115 Å². The van der Waals surface area contributed by atoms with Crippen molar-refractivity contribution in [1.29, 1.82) is 5.26 Å². The molecule has 0 radical (unpaired) electrons. The van der Waals surface area contributed by atoms with Crippen LogP contribution >= 0.6 is 11.6 Å². The lowest BCUT2D eigenvalue weighted by molar-refractivity contribution is 0.205. The summed E-state index contributed by atoms with van der Waals surface area (Å²) < 4.78 is 0. The molecule has 0 aromatic heterocycles. The highest BCUT2D eigenvalue weighted by atomic mass is 35.5. The molecule has 0 saturated carbocycles. The number of carboxylic acid groups (broad SMARTS) is 1. The van der Waals surface area contributed by atoms with Crippen molar-refractivity contribution in [3.63, 3.8) is 0 Å². The third-order valence-corrected chi connectivity index (χ3v) is 2.85. The van der Waals surface area contributed by atoms with E-state index in [1.165, 1.54) is 12.1 Å². The van der Waals surface area contributed by atoms with E-state index in [4.69, 9.17) is 16.9 Å². The molecule has 4 nitrogen and oxygen atoms in total. The molecular weight excluding hydrogens is 264 g/mol. The molecule has 5 heteroatoms. The number of amides is 1. The summed E-state index contributed by atoms with van der Waals surface area (Å²) in [7, 11) is 0. The average Bonchev–Trinajstić information content (AvgIpc) is 2.40. The molecule has 2 rings (SSSR count). The summed E-state index contributed by atoms with van der Waals surface area (Å²) in [6, 6.07) is 15.1. The molecule has 1 amide bonds. The van der Waals surface area contributed by atoms with Crippen LogP contribution in [0.25, 0.3) is 0 Å². The molecular formula is C14H9ClN2O2. The van der Waals surface area contributed by atoms with Crippen molar-refractivity contribution >= 4 is 29.1 Å². The van der Waals surface area contributed by atoms with Crippen molar-refractivity contribution in [2.24, 2.45) is 0 Å². The van der Waals surface area contributed by atoms with Gasteiger partial charge < -0.3 is 5.11 Å². The lowest BCUT2D eigenvalue weighted by Gasteiger charge is -2.19. The Morgan fingerprint density at radius 3 is 2.37 bits per heavy atom. The first-order valence-electron chi connectivity index (χ1n) is 5.41. The first kappa shape index (κ1) is 12.9. The van der Waals surface area contributed by atoms with Gasteiger partial charge in [-0.15, -0.1) is 0 Å². The molecule has 94 valence electrons. The Bertz CT molecular complexity index is 650. The van der Waals surface area contributed by atoms with E-state index in [2.05, 4.69) is 0 Å². The van der Waals surface area contributed by atoms with Crippen LogP contribution in [0.2, 0.25) is 5.02 Å². The zero-order chi connectivity index (χ0) is 13.8. The number of hydrogen-bond acceptors (Lipinski definition) is 2. The Morgan fingerprint density at radius 1 is 1.16 bits per heavy atom. The van der Waals surface area contributed by atoms with Crippen LogP contribution in [0, 0.1) is 11.3 Å². The highest BCUT2D eigenvalue weighted by Crippen LogP contribution is 2.29. The Kier molecular flexibility index (Phi) is 3.69. The SMILES string of the molecule is N#Cc1ccc(N(C(=O)O)c2ccccc2)cc1Cl. The van der Waals surface area contributed by atoms with Crippen molar-refractivity contribution in [3.8, 4) is 6.07 Å². The fourth-order valence-corrected chi connectivity index (χ4v) is 1.90. The van der Waals surface area contributed by atoms with Crippen LogP contribution in [-0.4, -0.2) is 11.2 Å². The molecule has 0 atom stereocenters. The normalized spacial score (nSPS) is 9.68. The first-order valence-corrected chi connectivity index (χ1v) is 5.79. The van der Waals surface area contributed by atoms with Gasteiger partial charge in [0.25, 0.3) is 0 Å². The van der Waals surface area contributed by atoms with Gasteiger partial charge in [-0.1, -0.05) is 29.8 Å². The maximum Gasteiger partial charge on any atom is 0.416 e.